The molecule has 0 saturated carbocycles. The maximum atomic E-state index is 12.0. The highest BCUT2D eigenvalue weighted by Crippen LogP contribution is 2.27. The molecule has 0 radical (unpaired) electrons. The SMILES string of the molecule is COc1ccc(NC(=O)Nc2ccc(Br)cc2C)cc1Cl. The van der Waals surface area contributed by atoms with Crippen molar-refractivity contribution in [1.29, 1.82) is 0 Å². The van der Waals surface area contributed by atoms with Gasteiger partial charge in [-0.3, -0.25) is 0 Å². The number of hydrogen-bond acceptors (Lipinski definition) is 2. The van der Waals surface area contributed by atoms with Crippen LogP contribution in [0.3, 0.4) is 0 Å². The van der Waals surface area contributed by atoms with Gasteiger partial charge in [-0.1, -0.05) is 27.5 Å². The van der Waals surface area contributed by atoms with Gasteiger partial charge in [-0.05, 0) is 48.9 Å². The van der Waals surface area contributed by atoms with Gasteiger partial charge in [-0.25, -0.2) is 4.79 Å². The Kier molecular flexibility index (Phi) is 5.09. The van der Waals surface area contributed by atoms with Gasteiger partial charge in [0.15, 0.2) is 0 Å². The molecule has 0 aliphatic carbocycles. The molecule has 6 heteroatoms. The van der Waals surface area contributed by atoms with Gasteiger partial charge in [0.25, 0.3) is 0 Å². The number of anilines is 2. The van der Waals surface area contributed by atoms with Gasteiger partial charge in [0.05, 0.1) is 12.1 Å². The van der Waals surface area contributed by atoms with Crippen molar-refractivity contribution in [2.24, 2.45) is 0 Å². The average molecular weight is 370 g/mol. The molecule has 2 rings (SSSR count). The number of hydrogen-bond donors (Lipinski definition) is 2. The smallest absolute Gasteiger partial charge is 0.323 e. The summed E-state index contributed by atoms with van der Waals surface area (Å²) in [6.45, 7) is 1.92. The zero-order valence-corrected chi connectivity index (χ0v) is 13.9. The molecule has 4 nitrogen and oxygen atoms in total. The fraction of sp³-hybridized carbons (Fsp3) is 0.133. The molecule has 0 atom stereocenters. The zero-order chi connectivity index (χ0) is 15.4. The van der Waals surface area contributed by atoms with Gasteiger partial charge in [0.1, 0.15) is 5.75 Å². The first-order chi connectivity index (χ1) is 9.99. The third-order valence-electron chi connectivity index (χ3n) is 2.85. The van der Waals surface area contributed by atoms with Crippen molar-refractivity contribution in [1.82, 2.24) is 0 Å². The summed E-state index contributed by atoms with van der Waals surface area (Å²) in [6.07, 6.45) is 0. The summed E-state index contributed by atoms with van der Waals surface area (Å²) in [5.41, 5.74) is 2.30. The highest BCUT2D eigenvalue weighted by atomic mass is 79.9. The summed E-state index contributed by atoms with van der Waals surface area (Å²) in [6, 6.07) is 10.4. The van der Waals surface area contributed by atoms with Crippen LogP contribution in [0.4, 0.5) is 16.2 Å². The number of halogens is 2. The third kappa shape index (κ3) is 4.12. The van der Waals surface area contributed by atoms with Crippen LogP contribution in [-0.4, -0.2) is 13.1 Å². The monoisotopic (exact) mass is 368 g/mol. The number of aryl methyl sites for hydroxylation is 1. The molecule has 0 aromatic heterocycles. The van der Waals surface area contributed by atoms with Crippen LogP contribution in [0.2, 0.25) is 5.02 Å². The molecular formula is C15H14BrClN2O2. The first kappa shape index (κ1) is 15.7. The van der Waals surface area contributed by atoms with Gasteiger partial charge in [0.2, 0.25) is 0 Å². The van der Waals surface area contributed by atoms with Crippen molar-refractivity contribution in [3.63, 3.8) is 0 Å². The number of ether oxygens (including phenoxy) is 1. The number of methoxy groups -OCH3 is 1. The minimum absolute atomic E-state index is 0.332. The Morgan fingerprint density at radius 3 is 2.57 bits per heavy atom. The van der Waals surface area contributed by atoms with Crippen LogP contribution in [0, 0.1) is 6.92 Å². The van der Waals surface area contributed by atoms with E-state index in [0.717, 1.165) is 15.7 Å². The normalized spacial score (nSPS) is 10.1. The fourth-order valence-electron chi connectivity index (χ4n) is 1.80. The summed E-state index contributed by atoms with van der Waals surface area (Å²) in [5, 5.41) is 5.95. The number of benzene rings is 2. The van der Waals surface area contributed by atoms with Crippen LogP contribution in [0.1, 0.15) is 5.56 Å². The molecule has 2 aromatic carbocycles. The van der Waals surface area contributed by atoms with E-state index < -0.39 is 0 Å². The molecule has 0 aliphatic heterocycles. The predicted molar refractivity (Wildman–Crippen MR) is 89.5 cm³/mol. The van der Waals surface area contributed by atoms with E-state index >= 15 is 0 Å². The Hall–Kier alpha value is -1.72. The van der Waals surface area contributed by atoms with Crippen molar-refractivity contribution in [3.8, 4) is 5.75 Å². The topological polar surface area (TPSA) is 50.4 Å². The molecule has 0 bridgehead atoms. The Bertz CT molecular complexity index is 677. The van der Waals surface area contributed by atoms with Gasteiger partial charge in [-0.2, -0.15) is 0 Å². The van der Waals surface area contributed by atoms with E-state index in [1.165, 1.54) is 7.11 Å². The number of rotatable bonds is 3. The second-order valence-corrected chi connectivity index (χ2v) is 5.71. The van der Waals surface area contributed by atoms with E-state index in [4.69, 9.17) is 16.3 Å². The number of amides is 2. The third-order valence-corrected chi connectivity index (χ3v) is 3.63. The van der Waals surface area contributed by atoms with Crippen LogP contribution < -0.4 is 15.4 Å². The van der Waals surface area contributed by atoms with Gasteiger partial charge < -0.3 is 15.4 Å². The zero-order valence-electron chi connectivity index (χ0n) is 11.5. The second-order valence-electron chi connectivity index (χ2n) is 4.39. The van der Waals surface area contributed by atoms with Crippen LogP contribution in [0.15, 0.2) is 40.9 Å². The molecule has 0 aliphatic rings. The highest BCUT2D eigenvalue weighted by molar-refractivity contribution is 9.10. The lowest BCUT2D eigenvalue weighted by Gasteiger charge is -2.11. The quantitative estimate of drug-likeness (QED) is 0.794. The molecule has 21 heavy (non-hydrogen) atoms. The van der Waals surface area contributed by atoms with Crippen molar-refractivity contribution in [3.05, 3.63) is 51.5 Å². The molecule has 2 aromatic rings. The van der Waals surface area contributed by atoms with Crippen molar-refractivity contribution in [2.75, 3.05) is 17.7 Å². The summed E-state index contributed by atoms with van der Waals surface area (Å²) < 4.78 is 6.03. The molecule has 2 N–H and O–H groups in total. The summed E-state index contributed by atoms with van der Waals surface area (Å²) >= 11 is 9.40. The van der Waals surface area contributed by atoms with Crippen LogP contribution >= 0.6 is 27.5 Å². The standard InChI is InChI=1S/C15H14BrClN2O2/c1-9-7-10(16)3-5-13(9)19-15(20)18-11-4-6-14(21-2)12(17)8-11/h3-8H,1-2H3,(H2,18,19,20). The lowest BCUT2D eigenvalue weighted by atomic mass is 10.2. The van der Waals surface area contributed by atoms with Crippen LogP contribution in [0.5, 0.6) is 5.75 Å². The Labute approximate surface area is 136 Å². The summed E-state index contributed by atoms with van der Waals surface area (Å²) in [4.78, 5) is 12.0. The van der Waals surface area contributed by atoms with Gasteiger partial charge in [0, 0.05) is 15.8 Å². The molecule has 0 heterocycles. The van der Waals surface area contributed by atoms with E-state index in [9.17, 15) is 4.79 Å². The first-order valence-corrected chi connectivity index (χ1v) is 7.34. The van der Waals surface area contributed by atoms with Crippen molar-refractivity contribution in [2.45, 2.75) is 6.92 Å². The van der Waals surface area contributed by atoms with E-state index in [1.807, 2.05) is 25.1 Å². The molecule has 0 fully saturated rings. The molecule has 110 valence electrons. The summed E-state index contributed by atoms with van der Waals surface area (Å²) in [5.74, 6) is 0.561. The molecule has 0 saturated heterocycles. The maximum absolute atomic E-state index is 12.0. The Morgan fingerprint density at radius 2 is 1.95 bits per heavy atom. The lowest BCUT2D eigenvalue weighted by Crippen LogP contribution is -2.19. The highest BCUT2D eigenvalue weighted by Gasteiger charge is 2.07. The van der Waals surface area contributed by atoms with Gasteiger partial charge in [-0.15, -0.1) is 0 Å². The van der Waals surface area contributed by atoms with Crippen molar-refractivity contribution < 1.29 is 9.53 Å². The molecule has 0 unspecified atom stereocenters. The maximum Gasteiger partial charge on any atom is 0.323 e. The largest absolute Gasteiger partial charge is 0.495 e. The number of urea groups is 1. The number of carbonyl (C=O) groups excluding carboxylic acids is 1. The Balaban J connectivity index is 2.06. The average Bonchev–Trinajstić information content (AvgIpc) is 2.42. The number of carbonyl (C=O) groups is 1. The van der Waals surface area contributed by atoms with E-state index in [2.05, 4.69) is 26.6 Å². The second kappa shape index (κ2) is 6.83. The molecule has 2 amide bonds. The van der Waals surface area contributed by atoms with Crippen LogP contribution in [-0.2, 0) is 0 Å². The van der Waals surface area contributed by atoms with Crippen LogP contribution in [0.25, 0.3) is 0 Å². The minimum atomic E-state index is -0.332. The predicted octanol–water partition coefficient (Wildman–Crippen LogP) is 5.06. The summed E-state index contributed by atoms with van der Waals surface area (Å²) in [7, 11) is 1.54. The van der Waals surface area contributed by atoms with Gasteiger partial charge >= 0.3 is 6.03 Å². The molecular weight excluding hydrogens is 356 g/mol. The lowest BCUT2D eigenvalue weighted by molar-refractivity contribution is 0.262. The Morgan fingerprint density at radius 1 is 1.19 bits per heavy atom. The minimum Gasteiger partial charge on any atom is -0.495 e. The van der Waals surface area contributed by atoms with Crippen molar-refractivity contribution >= 4 is 44.9 Å². The fourth-order valence-corrected chi connectivity index (χ4v) is 2.53. The van der Waals surface area contributed by atoms with E-state index in [0.29, 0.717) is 16.5 Å². The number of nitrogens with one attached hydrogen (secondary N) is 2. The van der Waals surface area contributed by atoms with E-state index in [1.54, 1.807) is 18.2 Å². The van der Waals surface area contributed by atoms with E-state index in [-0.39, 0.29) is 6.03 Å². The molecule has 0 spiro atoms. The first-order valence-electron chi connectivity index (χ1n) is 6.17.